The molecule has 2 aliphatic heterocycles. The molecule has 3 heterocycles. The van der Waals surface area contributed by atoms with Crippen molar-refractivity contribution in [3.05, 3.63) is 46.8 Å². The van der Waals surface area contributed by atoms with Crippen LogP contribution >= 0.6 is 0 Å². The van der Waals surface area contributed by atoms with Gasteiger partial charge in [0.2, 0.25) is 5.91 Å². The molecule has 7 nitrogen and oxygen atoms in total. The summed E-state index contributed by atoms with van der Waals surface area (Å²) in [5.41, 5.74) is 9.57. The van der Waals surface area contributed by atoms with Gasteiger partial charge in [0.1, 0.15) is 17.5 Å². The molecule has 2 aromatic rings. The number of nitrogen functional groups attached to an aromatic ring is 1. The third-order valence-corrected chi connectivity index (χ3v) is 7.10. The van der Waals surface area contributed by atoms with Crippen LogP contribution in [0.5, 0.6) is 0 Å². The third-order valence-electron chi connectivity index (χ3n) is 7.10. The summed E-state index contributed by atoms with van der Waals surface area (Å²) in [5.74, 6) is 1.84. The predicted molar refractivity (Wildman–Crippen MR) is 138 cm³/mol. The normalized spacial score (nSPS) is 16.4. The summed E-state index contributed by atoms with van der Waals surface area (Å²) in [6.07, 6.45) is 7.53. The van der Waals surface area contributed by atoms with Crippen LogP contribution in [-0.2, 0) is 24.2 Å². The minimum Gasteiger partial charge on any atom is -0.383 e. The average molecular weight is 465 g/mol. The molecule has 0 unspecified atom stereocenters. The second-order valence-corrected chi connectivity index (χ2v) is 9.74. The Kier molecular flexibility index (Phi) is 8.51. The number of carbonyl (C=O) groups is 1. The highest BCUT2D eigenvalue weighted by atomic mass is 16.2. The predicted octanol–water partition coefficient (Wildman–Crippen LogP) is 3.59. The summed E-state index contributed by atoms with van der Waals surface area (Å²) >= 11 is 0. The SMILES string of the molecule is CCc1ccc(CN(CCCN2CCCCC2)CCCN2C(=O)Cc3c(N)nc(C)nc32)cc1. The molecule has 0 bridgehead atoms. The van der Waals surface area contributed by atoms with Crippen LogP contribution in [0.1, 0.15) is 61.5 Å². The van der Waals surface area contributed by atoms with E-state index >= 15 is 0 Å². The number of amides is 1. The number of likely N-dealkylation sites (tertiary alicyclic amines) is 1. The van der Waals surface area contributed by atoms with E-state index in [0.717, 1.165) is 38.0 Å². The number of carbonyl (C=O) groups excluding carboxylic acids is 1. The second kappa shape index (κ2) is 11.8. The molecule has 1 amide bonds. The average Bonchev–Trinajstić information content (AvgIpc) is 3.15. The van der Waals surface area contributed by atoms with Crippen molar-refractivity contribution in [2.24, 2.45) is 0 Å². The zero-order chi connectivity index (χ0) is 23.9. The second-order valence-electron chi connectivity index (χ2n) is 9.74. The molecule has 4 rings (SSSR count). The first-order chi connectivity index (χ1) is 16.5. The molecule has 0 aliphatic carbocycles. The van der Waals surface area contributed by atoms with Crippen molar-refractivity contribution in [3.63, 3.8) is 0 Å². The Morgan fingerprint density at radius 1 is 0.971 bits per heavy atom. The number of rotatable bonds is 11. The van der Waals surface area contributed by atoms with Gasteiger partial charge < -0.3 is 10.6 Å². The van der Waals surface area contributed by atoms with Crippen molar-refractivity contribution in [2.75, 3.05) is 49.9 Å². The maximum absolute atomic E-state index is 12.7. The highest BCUT2D eigenvalue weighted by Crippen LogP contribution is 2.30. The highest BCUT2D eigenvalue weighted by Gasteiger charge is 2.31. The standard InChI is InChI=1S/C27H40N6O/c1-3-22-9-11-23(12-10-22)20-32(16-7-15-31-13-5-4-6-14-31)17-8-18-33-25(34)19-24-26(28)29-21(2)30-27(24)33/h9-12H,3-8,13-20H2,1-2H3,(H2,28,29,30). The first-order valence-electron chi connectivity index (χ1n) is 13.0. The van der Waals surface area contributed by atoms with E-state index in [9.17, 15) is 4.79 Å². The number of aryl methyl sites for hydroxylation is 2. The van der Waals surface area contributed by atoms with Crippen LogP contribution in [0.15, 0.2) is 24.3 Å². The maximum atomic E-state index is 12.7. The van der Waals surface area contributed by atoms with Crippen LogP contribution in [-0.4, -0.2) is 64.9 Å². The Morgan fingerprint density at radius 3 is 2.35 bits per heavy atom. The van der Waals surface area contributed by atoms with Gasteiger partial charge in [0.05, 0.1) is 6.42 Å². The number of hydrogen-bond donors (Lipinski definition) is 1. The smallest absolute Gasteiger partial charge is 0.232 e. The van der Waals surface area contributed by atoms with Crippen molar-refractivity contribution >= 4 is 17.5 Å². The van der Waals surface area contributed by atoms with Gasteiger partial charge >= 0.3 is 0 Å². The molecule has 7 heteroatoms. The number of hydrogen-bond acceptors (Lipinski definition) is 6. The minimum atomic E-state index is 0.0772. The van der Waals surface area contributed by atoms with E-state index in [1.807, 2.05) is 11.8 Å². The summed E-state index contributed by atoms with van der Waals surface area (Å²) in [6.45, 7) is 11.3. The summed E-state index contributed by atoms with van der Waals surface area (Å²) in [7, 11) is 0. The van der Waals surface area contributed by atoms with Gasteiger partial charge in [-0.25, -0.2) is 9.97 Å². The Bertz CT molecular complexity index is 954. The van der Waals surface area contributed by atoms with E-state index in [-0.39, 0.29) is 5.91 Å². The van der Waals surface area contributed by atoms with Gasteiger partial charge in [0.15, 0.2) is 0 Å². The van der Waals surface area contributed by atoms with Crippen LogP contribution in [0.25, 0.3) is 0 Å². The van der Waals surface area contributed by atoms with Crippen molar-refractivity contribution in [1.82, 2.24) is 19.8 Å². The number of fused-ring (bicyclic) bond motifs is 1. The Balaban J connectivity index is 1.35. The zero-order valence-electron chi connectivity index (χ0n) is 20.9. The lowest BCUT2D eigenvalue weighted by atomic mass is 10.1. The number of nitrogens with two attached hydrogens (primary N) is 1. The van der Waals surface area contributed by atoms with E-state index in [2.05, 4.69) is 51.0 Å². The van der Waals surface area contributed by atoms with Crippen LogP contribution in [0, 0.1) is 6.92 Å². The van der Waals surface area contributed by atoms with Gasteiger partial charge in [0.25, 0.3) is 0 Å². The molecular weight excluding hydrogens is 424 g/mol. The molecule has 2 aliphatic rings. The van der Waals surface area contributed by atoms with Crippen LogP contribution in [0.3, 0.4) is 0 Å². The van der Waals surface area contributed by atoms with E-state index in [0.29, 0.717) is 30.4 Å². The highest BCUT2D eigenvalue weighted by molar-refractivity contribution is 6.01. The number of benzene rings is 1. The molecule has 1 aromatic carbocycles. The fraction of sp³-hybridized carbons (Fsp3) is 0.593. The summed E-state index contributed by atoms with van der Waals surface area (Å²) in [4.78, 5) is 28.4. The van der Waals surface area contributed by atoms with Crippen LogP contribution < -0.4 is 10.6 Å². The lowest BCUT2D eigenvalue weighted by molar-refractivity contribution is -0.117. The number of aromatic nitrogens is 2. The fourth-order valence-electron chi connectivity index (χ4n) is 5.15. The van der Waals surface area contributed by atoms with E-state index < -0.39 is 0 Å². The van der Waals surface area contributed by atoms with Crippen molar-refractivity contribution in [1.29, 1.82) is 0 Å². The number of nitrogens with zero attached hydrogens (tertiary/aromatic N) is 5. The van der Waals surface area contributed by atoms with Crippen molar-refractivity contribution < 1.29 is 4.79 Å². The molecule has 2 N–H and O–H groups in total. The van der Waals surface area contributed by atoms with Gasteiger partial charge in [-0.3, -0.25) is 14.6 Å². The molecule has 1 fully saturated rings. The van der Waals surface area contributed by atoms with Gasteiger partial charge in [-0.15, -0.1) is 0 Å². The van der Waals surface area contributed by atoms with E-state index in [1.54, 1.807) is 0 Å². The number of piperidine rings is 1. The van der Waals surface area contributed by atoms with E-state index in [4.69, 9.17) is 5.73 Å². The molecule has 0 spiro atoms. The van der Waals surface area contributed by atoms with E-state index in [1.165, 1.54) is 56.4 Å². The van der Waals surface area contributed by atoms with Gasteiger partial charge in [-0.1, -0.05) is 37.6 Å². The summed E-state index contributed by atoms with van der Waals surface area (Å²) in [5, 5.41) is 0. The van der Waals surface area contributed by atoms with Gasteiger partial charge in [0, 0.05) is 25.2 Å². The largest absolute Gasteiger partial charge is 0.383 e. The topological polar surface area (TPSA) is 78.6 Å². The fourth-order valence-corrected chi connectivity index (χ4v) is 5.15. The first-order valence-corrected chi connectivity index (χ1v) is 13.0. The molecule has 0 atom stereocenters. The zero-order valence-corrected chi connectivity index (χ0v) is 20.9. The first kappa shape index (κ1) is 24.6. The molecule has 34 heavy (non-hydrogen) atoms. The Hall–Kier alpha value is -2.51. The summed E-state index contributed by atoms with van der Waals surface area (Å²) in [6, 6.07) is 9.01. The maximum Gasteiger partial charge on any atom is 0.232 e. The Labute approximate surface area is 204 Å². The molecule has 0 radical (unpaired) electrons. The monoisotopic (exact) mass is 464 g/mol. The third kappa shape index (κ3) is 6.33. The van der Waals surface area contributed by atoms with Crippen LogP contribution in [0.4, 0.5) is 11.6 Å². The van der Waals surface area contributed by atoms with Crippen molar-refractivity contribution in [2.45, 2.75) is 65.3 Å². The molecule has 1 aromatic heterocycles. The lowest BCUT2D eigenvalue weighted by Gasteiger charge is -2.28. The van der Waals surface area contributed by atoms with Gasteiger partial charge in [-0.05, 0) is 76.3 Å². The molecule has 1 saturated heterocycles. The molecule has 0 saturated carbocycles. The minimum absolute atomic E-state index is 0.0772. The number of anilines is 2. The molecular formula is C27H40N6O. The van der Waals surface area contributed by atoms with Gasteiger partial charge in [-0.2, -0.15) is 0 Å². The quantitative estimate of drug-likeness (QED) is 0.548. The Morgan fingerprint density at radius 2 is 1.65 bits per heavy atom. The summed E-state index contributed by atoms with van der Waals surface area (Å²) < 4.78 is 0. The lowest BCUT2D eigenvalue weighted by Crippen LogP contribution is -2.35. The molecule has 184 valence electrons. The van der Waals surface area contributed by atoms with Crippen LogP contribution in [0.2, 0.25) is 0 Å². The van der Waals surface area contributed by atoms with Crippen molar-refractivity contribution in [3.8, 4) is 0 Å².